The fourth-order valence-corrected chi connectivity index (χ4v) is 2.16. The second-order valence-electron chi connectivity index (χ2n) is 4.65. The molecule has 0 saturated heterocycles. The maximum Gasteiger partial charge on any atom is 0.191 e. The number of hydrogen-bond acceptors (Lipinski definition) is 2. The molecule has 0 amide bonds. The molecule has 0 fully saturated rings. The molecule has 5 nitrogen and oxygen atoms in total. The number of nitrogens with one attached hydrogen (secondary N) is 2. The van der Waals surface area contributed by atoms with Crippen molar-refractivity contribution in [3.05, 3.63) is 21.9 Å². The first-order valence-electron chi connectivity index (χ1n) is 7.12. The first-order valence-corrected chi connectivity index (χ1v) is 7.87. The second kappa shape index (κ2) is 12.3. The van der Waals surface area contributed by atoms with Gasteiger partial charge in [0.1, 0.15) is 5.15 Å². The Labute approximate surface area is 159 Å². The van der Waals surface area contributed by atoms with Crippen molar-refractivity contribution in [2.45, 2.75) is 26.3 Å². The highest BCUT2D eigenvalue weighted by Crippen LogP contribution is 2.24. The average molecular weight is 463 g/mol. The largest absolute Gasteiger partial charge is 0.380 e. The van der Waals surface area contributed by atoms with Crippen molar-refractivity contribution in [1.29, 1.82) is 0 Å². The summed E-state index contributed by atoms with van der Waals surface area (Å²) >= 11 is 12.0. The zero-order valence-electron chi connectivity index (χ0n) is 13.3. The summed E-state index contributed by atoms with van der Waals surface area (Å²) in [5, 5.41) is 7.51. The van der Waals surface area contributed by atoms with Gasteiger partial charge in [0.05, 0.1) is 18.2 Å². The molecule has 0 bridgehead atoms. The standard InChI is InChI=1S/C14H24Cl2N4O.HI/c1-4-5-7-21-8-6-18-14(17-2)19-10-11-9-12(15)13(16)20(11)3;/h9H,4-8,10H2,1-3H3,(H2,17,18,19);1H. The van der Waals surface area contributed by atoms with Gasteiger partial charge in [-0.3, -0.25) is 4.99 Å². The van der Waals surface area contributed by atoms with Crippen LogP contribution in [0.5, 0.6) is 0 Å². The van der Waals surface area contributed by atoms with Crippen molar-refractivity contribution in [3.8, 4) is 0 Å². The topological polar surface area (TPSA) is 50.6 Å². The summed E-state index contributed by atoms with van der Waals surface area (Å²) in [5.41, 5.74) is 0.993. The quantitative estimate of drug-likeness (QED) is 0.269. The minimum atomic E-state index is 0. The van der Waals surface area contributed by atoms with Gasteiger partial charge in [0.15, 0.2) is 5.96 Å². The smallest absolute Gasteiger partial charge is 0.191 e. The van der Waals surface area contributed by atoms with E-state index in [1.807, 2.05) is 17.7 Å². The van der Waals surface area contributed by atoms with Gasteiger partial charge in [0, 0.05) is 32.9 Å². The maximum atomic E-state index is 6.03. The Morgan fingerprint density at radius 2 is 2.05 bits per heavy atom. The van der Waals surface area contributed by atoms with E-state index in [0.29, 0.717) is 23.3 Å². The van der Waals surface area contributed by atoms with Crippen LogP contribution in [0.3, 0.4) is 0 Å². The molecule has 0 aliphatic carbocycles. The van der Waals surface area contributed by atoms with Crippen molar-refractivity contribution in [2.75, 3.05) is 26.8 Å². The van der Waals surface area contributed by atoms with Crippen LogP contribution in [0.25, 0.3) is 0 Å². The monoisotopic (exact) mass is 462 g/mol. The van der Waals surface area contributed by atoms with Crippen molar-refractivity contribution in [2.24, 2.45) is 12.0 Å². The number of aromatic nitrogens is 1. The van der Waals surface area contributed by atoms with Crippen molar-refractivity contribution in [1.82, 2.24) is 15.2 Å². The van der Waals surface area contributed by atoms with E-state index in [1.54, 1.807) is 7.05 Å². The highest BCUT2D eigenvalue weighted by Gasteiger charge is 2.09. The van der Waals surface area contributed by atoms with E-state index in [-0.39, 0.29) is 24.0 Å². The van der Waals surface area contributed by atoms with Crippen molar-refractivity contribution >= 4 is 53.1 Å². The SMILES string of the molecule is CCCCOCCNC(=NC)NCc1cc(Cl)c(Cl)n1C.I. The molecular formula is C14H25Cl2IN4O. The molecule has 1 heterocycles. The number of guanidine groups is 1. The van der Waals surface area contributed by atoms with Gasteiger partial charge >= 0.3 is 0 Å². The summed E-state index contributed by atoms with van der Waals surface area (Å²) in [6.07, 6.45) is 2.25. The number of rotatable bonds is 8. The van der Waals surface area contributed by atoms with Crippen LogP contribution >= 0.6 is 47.2 Å². The molecule has 1 aromatic rings. The summed E-state index contributed by atoms with van der Waals surface area (Å²) in [5.74, 6) is 0.725. The summed E-state index contributed by atoms with van der Waals surface area (Å²) in [7, 11) is 3.61. The number of aliphatic imine (C=N–C) groups is 1. The molecule has 0 aromatic carbocycles. The summed E-state index contributed by atoms with van der Waals surface area (Å²) in [6.45, 7) is 4.94. The summed E-state index contributed by atoms with van der Waals surface area (Å²) in [6, 6.07) is 1.85. The zero-order valence-corrected chi connectivity index (χ0v) is 17.1. The Bertz CT molecular complexity index is 466. The maximum absolute atomic E-state index is 6.03. The summed E-state index contributed by atoms with van der Waals surface area (Å²) < 4.78 is 7.33. The lowest BCUT2D eigenvalue weighted by Crippen LogP contribution is -2.38. The van der Waals surface area contributed by atoms with Crippen LogP contribution in [0.15, 0.2) is 11.1 Å². The minimum absolute atomic E-state index is 0. The molecule has 2 N–H and O–H groups in total. The lowest BCUT2D eigenvalue weighted by molar-refractivity contribution is 0.136. The number of nitrogens with zero attached hydrogens (tertiary/aromatic N) is 2. The molecule has 0 aliphatic rings. The van der Waals surface area contributed by atoms with Crippen LogP contribution < -0.4 is 10.6 Å². The van der Waals surface area contributed by atoms with Crippen LogP contribution in [-0.2, 0) is 18.3 Å². The van der Waals surface area contributed by atoms with E-state index in [0.717, 1.165) is 37.6 Å². The highest BCUT2D eigenvalue weighted by atomic mass is 127. The minimum Gasteiger partial charge on any atom is -0.380 e. The van der Waals surface area contributed by atoms with Gasteiger partial charge in [0.2, 0.25) is 0 Å². The molecule has 8 heteroatoms. The second-order valence-corrected chi connectivity index (χ2v) is 5.42. The molecule has 128 valence electrons. The lowest BCUT2D eigenvalue weighted by atomic mass is 10.4. The molecule has 0 saturated carbocycles. The van der Waals surface area contributed by atoms with Crippen LogP contribution in [0.2, 0.25) is 10.2 Å². The summed E-state index contributed by atoms with van der Waals surface area (Å²) in [4.78, 5) is 4.16. The fraction of sp³-hybridized carbons (Fsp3) is 0.643. The Hall–Kier alpha value is -0.180. The van der Waals surface area contributed by atoms with E-state index in [4.69, 9.17) is 27.9 Å². The van der Waals surface area contributed by atoms with E-state index in [9.17, 15) is 0 Å². The fourth-order valence-electron chi connectivity index (χ4n) is 1.74. The number of unbranched alkanes of at least 4 members (excludes halogenated alkanes) is 1. The van der Waals surface area contributed by atoms with Crippen LogP contribution in [0.1, 0.15) is 25.5 Å². The first-order chi connectivity index (χ1) is 10.1. The van der Waals surface area contributed by atoms with Crippen molar-refractivity contribution < 1.29 is 4.74 Å². The molecule has 0 spiro atoms. The van der Waals surface area contributed by atoms with E-state index in [1.165, 1.54) is 0 Å². The molecule has 22 heavy (non-hydrogen) atoms. The van der Waals surface area contributed by atoms with Crippen molar-refractivity contribution in [3.63, 3.8) is 0 Å². The third-order valence-electron chi connectivity index (χ3n) is 3.06. The zero-order chi connectivity index (χ0) is 15.7. The first kappa shape index (κ1) is 21.8. The number of hydrogen-bond donors (Lipinski definition) is 2. The van der Waals surface area contributed by atoms with E-state index in [2.05, 4.69) is 22.5 Å². The van der Waals surface area contributed by atoms with Gasteiger partial charge in [-0.05, 0) is 12.5 Å². The van der Waals surface area contributed by atoms with Gasteiger partial charge in [-0.2, -0.15) is 0 Å². The molecule has 0 unspecified atom stereocenters. The molecule has 1 aromatic heterocycles. The van der Waals surface area contributed by atoms with E-state index >= 15 is 0 Å². The van der Waals surface area contributed by atoms with Crippen LogP contribution in [0.4, 0.5) is 0 Å². The van der Waals surface area contributed by atoms with E-state index < -0.39 is 0 Å². The Kier molecular flexibility index (Phi) is 12.2. The van der Waals surface area contributed by atoms with Gasteiger partial charge in [-0.15, -0.1) is 24.0 Å². The van der Waals surface area contributed by atoms with Gasteiger partial charge in [-0.1, -0.05) is 36.5 Å². The average Bonchev–Trinajstić information content (AvgIpc) is 2.73. The third-order valence-corrected chi connectivity index (χ3v) is 3.90. The Morgan fingerprint density at radius 1 is 1.32 bits per heavy atom. The molecule has 1 rings (SSSR count). The third kappa shape index (κ3) is 7.39. The lowest BCUT2D eigenvalue weighted by Gasteiger charge is -2.12. The molecular weight excluding hydrogens is 438 g/mol. The number of halogens is 3. The molecule has 0 atom stereocenters. The predicted molar refractivity (Wildman–Crippen MR) is 105 cm³/mol. The van der Waals surface area contributed by atoms with Gasteiger partial charge in [0.25, 0.3) is 0 Å². The Balaban J connectivity index is 0.00000441. The number of ether oxygens (including phenoxy) is 1. The molecule has 0 radical (unpaired) electrons. The van der Waals surface area contributed by atoms with Crippen LogP contribution in [-0.4, -0.2) is 37.3 Å². The Morgan fingerprint density at radius 3 is 2.59 bits per heavy atom. The van der Waals surface area contributed by atoms with Crippen LogP contribution in [0, 0.1) is 0 Å². The normalized spacial score (nSPS) is 11.2. The molecule has 0 aliphatic heterocycles. The van der Waals surface area contributed by atoms with Gasteiger partial charge in [-0.25, -0.2) is 0 Å². The predicted octanol–water partition coefficient (Wildman–Crippen LogP) is 3.43. The van der Waals surface area contributed by atoms with Gasteiger partial charge < -0.3 is 19.9 Å². The highest BCUT2D eigenvalue weighted by molar-refractivity contribution is 14.0.